The molecule has 6 heteroatoms. The van der Waals surface area contributed by atoms with E-state index in [0.717, 1.165) is 19.3 Å². The first-order valence-corrected chi connectivity index (χ1v) is 8.20. The van der Waals surface area contributed by atoms with Crippen molar-refractivity contribution in [1.29, 1.82) is 5.26 Å². The van der Waals surface area contributed by atoms with Crippen molar-refractivity contribution in [2.24, 2.45) is 0 Å². The molecule has 0 atom stereocenters. The molecule has 25 heavy (non-hydrogen) atoms. The van der Waals surface area contributed by atoms with Crippen molar-refractivity contribution in [2.45, 2.75) is 26.2 Å². The summed E-state index contributed by atoms with van der Waals surface area (Å²) in [5.74, 6) is -0.658. The number of hydrogen-bond acceptors (Lipinski definition) is 4. The van der Waals surface area contributed by atoms with Crippen LogP contribution >= 0.6 is 0 Å². The maximum atomic E-state index is 12.3. The zero-order chi connectivity index (χ0) is 18.1. The lowest BCUT2D eigenvalue weighted by Crippen LogP contribution is -2.25. The fourth-order valence-electron chi connectivity index (χ4n) is 2.23. The van der Waals surface area contributed by atoms with Gasteiger partial charge < -0.3 is 10.6 Å². The van der Waals surface area contributed by atoms with Crippen molar-refractivity contribution >= 4 is 17.5 Å². The molecule has 0 spiro atoms. The van der Waals surface area contributed by atoms with Crippen LogP contribution in [0.3, 0.4) is 0 Å². The molecule has 128 valence electrons. The molecule has 0 aliphatic carbocycles. The molecule has 0 saturated carbocycles. The highest BCUT2D eigenvalue weighted by Crippen LogP contribution is 2.12. The predicted molar refractivity (Wildman–Crippen MR) is 95.2 cm³/mol. The minimum absolute atomic E-state index is 0.204. The summed E-state index contributed by atoms with van der Waals surface area (Å²) in [7, 11) is 0. The molecule has 1 aromatic carbocycles. The lowest BCUT2D eigenvalue weighted by molar-refractivity contribution is 0.0948. The molecule has 1 aromatic heterocycles. The van der Waals surface area contributed by atoms with Gasteiger partial charge in [0.25, 0.3) is 11.8 Å². The second kappa shape index (κ2) is 9.18. The Morgan fingerprint density at radius 3 is 2.76 bits per heavy atom. The number of pyridine rings is 1. The van der Waals surface area contributed by atoms with E-state index in [1.807, 2.05) is 6.07 Å². The highest BCUT2D eigenvalue weighted by Gasteiger charge is 2.12. The first-order chi connectivity index (χ1) is 12.1. The van der Waals surface area contributed by atoms with Gasteiger partial charge in [-0.25, -0.2) is 0 Å². The average molecular weight is 336 g/mol. The predicted octanol–water partition coefficient (Wildman–Crippen LogP) is 3.13. The van der Waals surface area contributed by atoms with E-state index in [0.29, 0.717) is 23.4 Å². The van der Waals surface area contributed by atoms with Crippen molar-refractivity contribution in [3.05, 3.63) is 59.4 Å². The summed E-state index contributed by atoms with van der Waals surface area (Å²) >= 11 is 0. The van der Waals surface area contributed by atoms with Gasteiger partial charge in [0.1, 0.15) is 5.69 Å². The third kappa shape index (κ3) is 5.43. The van der Waals surface area contributed by atoms with Crippen LogP contribution in [0.25, 0.3) is 0 Å². The monoisotopic (exact) mass is 336 g/mol. The third-order valence-electron chi connectivity index (χ3n) is 3.57. The SMILES string of the molecule is CCCCCNC(=O)c1cc(C(=O)Nc2cccc(C#N)c2)ccn1. The molecule has 2 rings (SSSR count). The van der Waals surface area contributed by atoms with Gasteiger partial charge >= 0.3 is 0 Å². The number of unbranched alkanes of at least 4 members (excludes halogenated alkanes) is 2. The molecule has 0 bridgehead atoms. The molecular formula is C19H20N4O2. The maximum absolute atomic E-state index is 12.3. The minimum atomic E-state index is -0.363. The molecule has 0 fully saturated rings. The summed E-state index contributed by atoms with van der Waals surface area (Å²) < 4.78 is 0. The molecule has 0 aliphatic heterocycles. The van der Waals surface area contributed by atoms with Gasteiger partial charge in [-0.05, 0) is 36.8 Å². The summed E-state index contributed by atoms with van der Waals surface area (Å²) in [6, 6.07) is 11.6. The highest BCUT2D eigenvalue weighted by molar-refractivity contribution is 6.05. The number of rotatable bonds is 7. The van der Waals surface area contributed by atoms with Crippen LogP contribution in [0.2, 0.25) is 0 Å². The van der Waals surface area contributed by atoms with Gasteiger partial charge in [0.05, 0.1) is 11.6 Å². The number of hydrogen-bond donors (Lipinski definition) is 2. The van der Waals surface area contributed by atoms with E-state index >= 15 is 0 Å². The second-order valence-electron chi connectivity index (χ2n) is 5.54. The van der Waals surface area contributed by atoms with Crippen LogP contribution in [-0.2, 0) is 0 Å². The standard InChI is InChI=1S/C19H20N4O2/c1-2-3-4-9-22-19(25)17-12-15(8-10-21-17)18(24)23-16-7-5-6-14(11-16)13-20/h5-8,10-12H,2-4,9H2,1H3,(H,22,25)(H,23,24). The van der Waals surface area contributed by atoms with Gasteiger partial charge in [0.15, 0.2) is 0 Å². The first-order valence-electron chi connectivity index (χ1n) is 8.20. The Bertz CT molecular complexity index is 796. The number of amides is 2. The number of anilines is 1. The van der Waals surface area contributed by atoms with E-state index in [2.05, 4.69) is 22.5 Å². The molecule has 0 radical (unpaired) electrons. The number of carbonyl (C=O) groups excluding carboxylic acids is 2. The van der Waals surface area contributed by atoms with Gasteiger partial charge in [0, 0.05) is 24.0 Å². The number of nitrogens with zero attached hydrogens (tertiary/aromatic N) is 2. The van der Waals surface area contributed by atoms with Crippen molar-refractivity contribution < 1.29 is 9.59 Å². The molecular weight excluding hydrogens is 316 g/mol. The second-order valence-corrected chi connectivity index (χ2v) is 5.54. The van der Waals surface area contributed by atoms with Crippen LogP contribution in [-0.4, -0.2) is 23.3 Å². The molecule has 2 amide bonds. The van der Waals surface area contributed by atoms with E-state index < -0.39 is 0 Å². The molecule has 2 aromatic rings. The Balaban J connectivity index is 2.03. The van der Waals surface area contributed by atoms with Crippen molar-refractivity contribution in [3.8, 4) is 6.07 Å². The summed E-state index contributed by atoms with van der Waals surface area (Å²) in [5.41, 5.74) is 1.51. The summed E-state index contributed by atoms with van der Waals surface area (Å²) in [4.78, 5) is 28.4. The van der Waals surface area contributed by atoms with Gasteiger partial charge in [-0.2, -0.15) is 5.26 Å². The van der Waals surface area contributed by atoms with Gasteiger partial charge in [-0.3, -0.25) is 14.6 Å². The lowest BCUT2D eigenvalue weighted by Gasteiger charge is -2.07. The van der Waals surface area contributed by atoms with Crippen LogP contribution < -0.4 is 10.6 Å². The zero-order valence-electron chi connectivity index (χ0n) is 14.1. The summed E-state index contributed by atoms with van der Waals surface area (Å²) in [6.07, 6.45) is 4.48. The molecule has 2 N–H and O–H groups in total. The summed E-state index contributed by atoms with van der Waals surface area (Å²) in [5, 5.41) is 14.4. The van der Waals surface area contributed by atoms with Crippen molar-refractivity contribution in [2.75, 3.05) is 11.9 Å². The number of nitriles is 1. The van der Waals surface area contributed by atoms with E-state index in [9.17, 15) is 9.59 Å². The highest BCUT2D eigenvalue weighted by atomic mass is 16.2. The van der Waals surface area contributed by atoms with E-state index in [1.54, 1.807) is 24.3 Å². The van der Waals surface area contributed by atoms with Crippen LogP contribution in [0, 0.1) is 11.3 Å². The number of benzene rings is 1. The van der Waals surface area contributed by atoms with Crippen LogP contribution in [0.15, 0.2) is 42.6 Å². The number of carbonyl (C=O) groups is 2. The number of nitrogens with one attached hydrogen (secondary N) is 2. The minimum Gasteiger partial charge on any atom is -0.351 e. The summed E-state index contributed by atoms with van der Waals surface area (Å²) in [6.45, 7) is 2.68. The van der Waals surface area contributed by atoms with E-state index in [1.165, 1.54) is 18.3 Å². The molecule has 0 aliphatic rings. The van der Waals surface area contributed by atoms with Crippen LogP contribution in [0.1, 0.15) is 52.6 Å². The van der Waals surface area contributed by atoms with Gasteiger partial charge in [0.2, 0.25) is 0 Å². The Morgan fingerprint density at radius 1 is 1.16 bits per heavy atom. The molecule has 1 heterocycles. The Labute approximate surface area is 146 Å². The lowest BCUT2D eigenvalue weighted by atomic mass is 10.2. The molecule has 6 nitrogen and oxygen atoms in total. The van der Waals surface area contributed by atoms with Crippen molar-refractivity contribution in [1.82, 2.24) is 10.3 Å². The van der Waals surface area contributed by atoms with Gasteiger partial charge in [-0.1, -0.05) is 25.8 Å². The fourth-order valence-corrected chi connectivity index (χ4v) is 2.23. The Hall–Kier alpha value is -3.20. The third-order valence-corrected chi connectivity index (χ3v) is 3.57. The normalized spacial score (nSPS) is 9.92. The Morgan fingerprint density at radius 2 is 2.00 bits per heavy atom. The largest absolute Gasteiger partial charge is 0.351 e. The first kappa shape index (κ1) is 18.1. The fraction of sp³-hybridized carbons (Fsp3) is 0.263. The maximum Gasteiger partial charge on any atom is 0.269 e. The van der Waals surface area contributed by atoms with Crippen LogP contribution in [0.5, 0.6) is 0 Å². The molecule has 0 saturated heterocycles. The van der Waals surface area contributed by atoms with Crippen LogP contribution in [0.4, 0.5) is 5.69 Å². The quantitative estimate of drug-likeness (QED) is 0.759. The average Bonchev–Trinajstić information content (AvgIpc) is 2.65. The zero-order valence-corrected chi connectivity index (χ0v) is 14.1. The van der Waals surface area contributed by atoms with Gasteiger partial charge in [-0.15, -0.1) is 0 Å². The van der Waals surface area contributed by atoms with E-state index in [4.69, 9.17) is 5.26 Å². The number of aromatic nitrogens is 1. The topological polar surface area (TPSA) is 94.9 Å². The van der Waals surface area contributed by atoms with E-state index in [-0.39, 0.29) is 17.5 Å². The Kier molecular flexibility index (Phi) is 6.66. The molecule has 0 unspecified atom stereocenters. The van der Waals surface area contributed by atoms with Crippen molar-refractivity contribution in [3.63, 3.8) is 0 Å². The smallest absolute Gasteiger partial charge is 0.269 e.